The topological polar surface area (TPSA) is 126 Å². The third-order valence-electron chi connectivity index (χ3n) is 9.61. The number of hydrogen-bond acceptors (Lipinski definition) is 8. The minimum Gasteiger partial charge on any atom is -0.455 e. The maximum atomic E-state index is 11.7. The lowest BCUT2D eigenvalue weighted by atomic mass is 9.99. The number of carbonyl (C=O) groups is 1. The van der Waals surface area contributed by atoms with E-state index in [1.807, 2.05) is 0 Å². The second-order valence-electron chi connectivity index (χ2n) is 13.5. The number of hydrogen-bond donors (Lipinski definition) is 4. The van der Waals surface area contributed by atoms with Crippen molar-refractivity contribution in [2.24, 2.45) is 0 Å². The van der Waals surface area contributed by atoms with E-state index in [1.165, 1.54) is 44.9 Å². The molecule has 3 aliphatic heterocycles. The van der Waals surface area contributed by atoms with Crippen LogP contribution in [0.25, 0.3) is 0 Å². The molecule has 4 N–H and O–H groups in total. The van der Waals surface area contributed by atoms with Gasteiger partial charge in [0, 0.05) is 12.0 Å². The average molecular weight is 611 g/mol. The van der Waals surface area contributed by atoms with Crippen LogP contribution in [0.2, 0.25) is 0 Å². The lowest BCUT2D eigenvalue weighted by Gasteiger charge is -2.24. The molecule has 2 fully saturated rings. The largest absolute Gasteiger partial charge is 0.455 e. The molecule has 0 bridgehead atoms. The molecule has 9 atom stereocenters. The molecule has 0 aromatic rings. The van der Waals surface area contributed by atoms with Crippen LogP contribution in [0.15, 0.2) is 11.6 Å². The van der Waals surface area contributed by atoms with Gasteiger partial charge in [0.2, 0.25) is 0 Å². The molecule has 0 aromatic carbocycles. The Kier molecular flexibility index (Phi) is 17.1. The molecule has 3 rings (SSSR count). The molecule has 3 aliphatic rings. The predicted molar refractivity (Wildman–Crippen MR) is 168 cm³/mol. The zero-order chi connectivity index (χ0) is 31.0. The third kappa shape index (κ3) is 13.5. The minimum absolute atomic E-state index is 0.00356. The monoisotopic (exact) mass is 610 g/mol. The molecule has 3 unspecified atom stereocenters. The van der Waals surface area contributed by atoms with Crippen LogP contribution in [0.1, 0.15) is 149 Å². The van der Waals surface area contributed by atoms with Crippen molar-refractivity contribution in [3.8, 4) is 0 Å². The Labute approximate surface area is 260 Å². The molecule has 8 nitrogen and oxygen atoms in total. The number of unbranched alkanes of at least 4 members (excludes halogenated alkanes) is 8. The van der Waals surface area contributed by atoms with Crippen LogP contribution in [0.5, 0.6) is 0 Å². The van der Waals surface area contributed by atoms with Crippen molar-refractivity contribution < 1.29 is 39.4 Å². The second kappa shape index (κ2) is 20.2. The van der Waals surface area contributed by atoms with Gasteiger partial charge in [-0.15, -0.1) is 0 Å². The Balaban J connectivity index is 1.19. The molecule has 250 valence electrons. The van der Waals surface area contributed by atoms with Gasteiger partial charge < -0.3 is 34.6 Å². The lowest BCUT2D eigenvalue weighted by molar-refractivity contribution is -0.139. The summed E-state index contributed by atoms with van der Waals surface area (Å²) < 4.78 is 17.6. The number of cyclic esters (lactones) is 1. The van der Waals surface area contributed by atoms with Crippen molar-refractivity contribution in [3.05, 3.63) is 11.6 Å². The molecule has 0 spiro atoms. The van der Waals surface area contributed by atoms with Crippen LogP contribution in [-0.2, 0) is 19.0 Å². The SMILES string of the molecule is CCCCCCCCCC[C@@H](O)[C@H]1CC[C@H]([C@H]2CC[C@H]([C@H](O)CCCCC(O)CCCC(O)CC3=CC(C)OC3=O)O2)O1. The number of rotatable bonds is 23. The minimum atomic E-state index is -0.605. The molecule has 0 radical (unpaired) electrons. The van der Waals surface area contributed by atoms with Crippen molar-refractivity contribution in [3.63, 3.8) is 0 Å². The fraction of sp³-hybridized carbons (Fsp3) is 0.914. The fourth-order valence-corrected chi connectivity index (χ4v) is 6.95. The first-order valence-electron chi connectivity index (χ1n) is 17.7. The molecule has 3 heterocycles. The Hall–Kier alpha value is -1.03. The normalized spacial score (nSPS) is 28.6. The van der Waals surface area contributed by atoms with Crippen molar-refractivity contribution in [2.45, 2.75) is 204 Å². The quantitative estimate of drug-likeness (QED) is 0.0814. The third-order valence-corrected chi connectivity index (χ3v) is 9.61. The van der Waals surface area contributed by atoms with Crippen LogP contribution in [0.4, 0.5) is 0 Å². The fourth-order valence-electron chi connectivity index (χ4n) is 6.95. The van der Waals surface area contributed by atoms with Gasteiger partial charge in [0.15, 0.2) is 0 Å². The van der Waals surface area contributed by atoms with E-state index in [4.69, 9.17) is 14.2 Å². The van der Waals surface area contributed by atoms with Gasteiger partial charge in [-0.25, -0.2) is 4.79 Å². The first-order chi connectivity index (χ1) is 20.8. The smallest absolute Gasteiger partial charge is 0.334 e. The molecule has 43 heavy (non-hydrogen) atoms. The summed E-state index contributed by atoms with van der Waals surface area (Å²) in [5.74, 6) is -0.341. The molecule has 8 heteroatoms. The molecular formula is C35H62O8. The molecule has 0 saturated carbocycles. The van der Waals surface area contributed by atoms with E-state index in [9.17, 15) is 25.2 Å². The van der Waals surface area contributed by atoms with Crippen molar-refractivity contribution in [1.82, 2.24) is 0 Å². The predicted octanol–water partition coefficient (Wildman–Crippen LogP) is 6.05. The first kappa shape index (κ1) is 36.4. The molecule has 0 aromatic heterocycles. The second-order valence-corrected chi connectivity index (χ2v) is 13.5. The lowest BCUT2D eigenvalue weighted by Crippen LogP contribution is -2.33. The number of carbonyl (C=O) groups excluding carboxylic acids is 1. The average Bonchev–Trinajstić information content (AvgIpc) is 3.72. The number of aliphatic hydroxyl groups excluding tert-OH is 4. The van der Waals surface area contributed by atoms with E-state index in [0.717, 1.165) is 51.4 Å². The van der Waals surface area contributed by atoms with Gasteiger partial charge in [-0.1, -0.05) is 71.1 Å². The summed E-state index contributed by atoms with van der Waals surface area (Å²) in [5, 5.41) is 42.0. The van der Waals surface area contributed by atoms with Gasteiger partial charge in [0.25, 0.3) is 0 Å². The summed E-state index contributed by atoms with van der Waals surface area (Å²) in [6.07, 6.45) is 18.9. The van der Waals surface area contributed by atoms with Crippen LogP contribution >= 0.6 is 0 Å². The van der Waals surface area contributed by atoms with Gasteiger partial charge in [0.05, 0.1) is 48.8 Å². The van der Waals surface area contributed by atoms with E-state index in [0.29, 0.717) is 44.1 Å². The summed E-state index contributed by atoms with van der Waals surface area (Å²) in [4.78, 5) is 11.7. The van der Waals surface area contributed by atoms with Crippen LogP contribution in [-0.4, -0.2) is 81.3 Å². The van der Waals surface area contributed by atoms with Crippen LogP contribution in [0, 0.1) is 0 Å². The molecule has 0 amide bonds. The van der Waals surface area contributed by atoms with Crippen molar-refractivity contribution in [1.29, 1.82) is 0 Å². The number of esters is 1. The first-order valence-corrected chi connectivity index (χ1v) is 17.7. The zero-order valence-electron chi connectivity index (χ0n) is 27.0. The highest BCUT2D eigenvalue weighted by Gasteiger charge is 2.40. The Bertz CT molecular complexity index is 803. The summed E-state index contributed by atoms with van der Waals surface area (Å²) in [6, 6.07) is 0. The molecular weight excluding hydrogens is 548 g/mol. The summed E-state index contributed by atoms with van der Waals surface area (Å²) in [6.45, 7) is 4.05. The zero-order valence-corrected chi connectivity index (χ0v) is 27.0. The Morgan fingerprint density at radius 2 is 1.16 bits per heavy atom. The molecule has 2 saturated heterocycles. The Morgan fingerprint density at radius 1 is 0.674 bits per heavy atom. The van der Waals surface area contributed by atoms with E-state index in [1.54, 1.807) is 13.0 Å². The summed E-state index contributed by atoms with van der Waals surface area (Å²) in [7, 11) is 0. The highest BCUT2D eigenvalue weighted by molar-refractivity contribution is 5.90. The van der Waals surface area contributed by atoms with Crippen LogP contribution in [0.3, 0.4) is 0 Å². The van der Waals surface area contributed by atoms with Gasteiger partial charge >= 0.3 is 5.97 Å². The van der Waals surface area contributed by atoms with Gasteiger partial charge in [-0.2, -0.15) is 0 Å². The van der Waals surface area contributed by atoms with Gasteiger partial charge in [-0.05, 0) is 77.2 Å². The maximum absolute atomic E-state index is 11.7. The summed E-state index contributed by atoms with van der Waals surface area (Å²) in [5.41, 5.74) is 0.541. The highest BCUT2D eigenvalue weighted by atomic mass is 16.6. The highest BCUT2D eigenvalue weighted by Crippen LogP contribution is 2.34. The van der Waals surface area contributed by atoms with E-state index >= 15 is 0 Å². The standard InChI is InChI=1S/C35H62O8/c1-3-4-5-6-7-8-9-10-17-29(38)31-19-21-33(42-31)34-22-20-32(43-34)30(39)18-12-11-14-27(36)15-13-16-28(37)24-26-23-25(2)41-35(26)40/h23,25,27-34,36-39H,3-22,24H2,1-2H3/t25?,27?,28?,29-,30-,31-,32-,33-,34-/m1/s1. The van der Waals surface area contributed by atoms with Crippen molar-refractivity contribution >= 4 is 5.97 Å². The van der Waals surface area contributed by atoms with Gasteiger partial charge in [0.1, 0.15) is 6.10 Å². The van der Waals surface area contributed by atoms with E-state index in [-0.39, 0.29) is 36.5 Å². The number of aliphatic hydroxyl groups is 4. The Morgan fingerprint density at radius 3 is 1.72 bits per heavy atom. The maximum Gasteiger partial charge on any atom is 0.334 e. The summed E-state index contributed by atoms with van der Waals surface area (Å²) >= 11 is 0. The van der Waals surface area contributed by atoms with E-state index < -0.39 is 24.4 Å². The number of ether oxygens (including phenoxy) is 3. The van der Waals surface area contributed by atoms with E-state index in [2.05, 4.69) is 6.92 Å². The van der Waals surface area contributed by atoms with Crippen molar-refractivity contribution in [2.75, 3.05) is 0 Å². The van der Waals surface area contributed by atoms with Crippen LogP contribution < -0.4 is 0 Å². The molecule has 0 aliphatic carbocycles. The van der Waals surface area contributed by atoms with Gasteiger partial charge in [-0.3, -0.25) is 0 Å².